The molecule has 2 heterocycles. The van der Waals surface area contributed by atoms with Crippen LogP contribution < -0.4 is 5.32 Å². The monoisotopic (exact) mass is 266 g/mol. The van der Waals surface area contributed by atoms with Gasteiger partial charge in [-0.1, -0.05) is 6.92 Å². The van der Waals surface area contributed by atoms with Crippen molar-refractivity contribution in [1.82, 2.24) is 19.8 Å². The molecule has 1 aromatic heterocycles. The number of imidazole rings is 1. The van der Waals surface area contributed by atoms with Crippen molar-refractivity contribution in [1.29, 1.82) is 0 Å². The quantitative estimate of drug-likeness (QED) is 0.768. The molecule has 0 amide bonds. The van der Waals surface area contributed by atoms with Crippen molar-refractivity contribution in [2.24, 2.45) is 0 Å². The molecule has 2 rings (SSSR count). The highest BCUT2D eigenvalue weighted by Crippen LogP contribution is 2.14. The predicted molar refractivity (Wildman–Crippen MR) is 75.9 cm³/mol. The van der Waals surface area contributed by atoms with Gasteiger partial charge in [0.2, 0.25) is 0 Å². The number of hydrogen-bond donors (Lipinski definition) is 2. The zero-order valence-electron chi connectivity index (χ0n) is 12.1. The van der Waals surface area contributed by atoms with Crippen LogP contribution in [0.2, 0.25) is 0 Å². The van der Waals surface area contributed by atoms with Gasteiger partial charge < -0.3 is 15.0 Å². The van der Waals surface area contributed by atoms with Crippen LogP contribution in [-0.4, -0.2) is 51.3 Å². The van der Waals surface area contributed by atoms with Crippen molar-refractivity contribution in [3.8, 4) is 0 Å². The van der Waals surface area contributed by atoms with Crippen molar-refractivity contribution < 1.29 is 5.11 Å². The molecule has 1 unspecified atom stereocenters. The van der Waals surface area contributed by atoms with E-state index in [1.165, 1.54) is 0 Å². The Morgan fingerprint density at radius 2 is 2.32 bits per heavy atom. The lowest BCUT2D eigenvalue weighted by Gasteiger charge is -2.33. The highest BCUT2D eigenvalue weighted by Gasteiger charge is 2.24. The second kappa shape index (κ2) is 6.50. The standard InChI is InChI=1S/C14H26N4O/c1-3-5-16-14(2,12-19)4-7-17-9-10-18-8-6-15-13(18)11-17/h6,8,16,19H,3-5,7,9-12H2,1-2H3. The van der Waals surface area contributed by atoms with E-state index in [-0.39, 0.29) is 12.1 Å². The van der Waals surface area contributed by atoms with Gasteiger partial charge in [0, 0.05) is 37.6 Å². The lowest BCUT2D eigenvalue weighted by Crippen LogP contribution is -2.49. The Kier molecular flexibility index (Phi) is 4.96. The first kappa shape index (κ1) is 14.5. The Balaban J connectivity index is 1.82. The van der Waals surface area contributed by atoms with E-state index in [0.29, 0.717) is 0 Å². The van der Waals surface area contributed by atoms with Crippen LogP contribution in [0.5, 0.6) is 0 Å². The predicted octanol–water partition coefficient (Wildman–Crippen LogP) is 0.839. The Hall–Kier alpha value is -0.910. The number of nitrogens with one attached hydrogen (secondary N) is 1. The van der Waals surface area contributed by atoms with E-state index >= 15 is 0 Å². The zero-order chi connectivity index (χ0) is 13.7. The van der Waals surface area contributed by atoms with Gasteiger partial charge in [0.1, 0.15) is 5.82 Å². The fraction of sp³-hybridized carbons (Fsp3) is 0.786. The van der Waals surface area contributed by atoms with Crippen LogP contribution in [0.1, 0.15) is 32.5 Å². The first-order chi connectivity index (χ1) is 9.17. The molecular weight excluding hydrogens is 240 g/mol. The Morgan fingerprint density at radius 3 is 3.05 bits per heavy atom. The molecule has 108 valence electrons. The number of aliphatic hydroxyl groups is 1. The number of aromatic nitrogens is 2. The number of hydrogen-bond acceptors (Lipinski definition) is 4. The van der Waals surface area contributed by atoms with Gasteiger partial charge in [-0.25, -0.2) is 4.98 Å². The van der Waals surface area contributed by atoms with E-state index in [2.05, 4.69) is 33.6 Å². The molecule has 1 aliphatic rings. The molecule has 0 aliphatic carbocycles. The molecular formula is C14H26N4O. The fourth-order valence-corrected chi connectivity index (χ4v) is 2.47. The molecule has 5 nitrogen and oxygen atoms in total. The second-order valence-corrected chi connectivity index (χ2v) is 5.71. The first-order valence-electron chi connectivity index (χ1n) is 7.25. The molecule has 0 fully saturated rings. The minimum Gasteiger partial charge on any atom is -0.394 e. The van der Waals surface area contributed by atoms with Crippen molar-refractivity contribution in [3.63, 3.8) is 0 Å². The van der Waals surface area contributed by atoms with E-state index < -0.39 is 0 Å². The third-order valence-corrected chi connectivity index (χ3v) is 3.95. The van der Waals surface area contributed by atoms with Gasteiger partial charge in [0.25, 0.3) is 0 Å². The second-order valence-electron chi connectivity index (χ2n) is 5.71. The summed E-state index contributed by atoms with van der Waals surface area (Å²) in [5, 5.41) is 13.0. The summed E-state index contributed by atoms with van der Waals surface area (Å²) < 4.78 is 2.22. The summed E-state index contributed by atoms with van der Waals surface area (Å²) in [6.45, 7) is 9.41. The summed E-state index contributed by atoms with van der Waals surface area (Å²) in [6.07, 6.45) is 5.98. The molecule has 1 aliphatic heterocycles. The van der Waals surface area contributed by atoms with Crippen LogP contribution >= 0.6 is 0 Å². The van der Waals surface area contributed by atoms with E-state index in [4.69, 9.17) is 0 Å². The van der Waals surface area contributed by atoms with Gasteiger partial charge in [-0.2, -0.15) is 0 Å². The zero-order valence-corrected chi connectivity index (χ0v) is 12.1. The third-order valence-electron chi connectivity index (χ3n) is 3.95. The van der Waals surface area contributed by atoms with Crippen molar-refractivity contribution in [3.05, 3.63) is 18.2 Å². The summed E-state index contributed by atoms with van der Waals surface area (Å²) in [6, 6.07) is 0. The Morgan fingerprint density at radius 1 is 1.47 bits per heavy atom. The lowest BCUT2D eigenvalue weighted by atomic mass is 9.98. The molecule has 0 bridgehead atoms. The van der Waals surface area contributed by atoms with Crippen molar-refractivity contribution in [2.45, 2.75) is 45.3 Å². The molecule has 0 spiro atoms. The maximum absolute atomic E-state index is 9.57. The minimum absolute atomic E-state index is 0.164. The number of aliphatic hydroxyl groups excluding tert-OH is 1. The van der Waals surface area contributed by atoms with Gasteiger partial charge in [-0.3, -0.25) is 4.90 Å². The maximum Gasteiger partial charge on any atom is 0.122 e. The molecule has 1 atom stereocenters. The van der Waals surface area contributed by atoms with Gasteiger partial charge in [-0.05, 0) is 26.3 Å². The van der Waals surface area contributed by atoms with E-state index in [0.717, 1.165) is 51.4 Å². The normalized spacial score (nSPS) is 19.1. The average Bonchev–Trinajstić information content (AvgIpc) is 2.90. The molecule has 5 heteroatoms. The molecule has 2 N–H and O–H groups in total. The average molecular weight is 266 g/mol. The first-order valence-corrected chi connectivity index (χ1v) is 7.25. The Labute approximate surface area is 115 Å². The van der Waals surface area contributed by atoms with Gasteiger partial charge >= 0.3 is 0 Å². The summed E-state index contributed by atoms with van der Waals surface area (Å²) in [5.41, 5.74) is -0.164. The number of nitrogens with zero attached hydrogens (tertiary/aromatic N) is 3. The highest BCUT2D eigenvalue weighted by molar-refractivity contribution is 4.96. The summed E-state index contributed by atoms with van der Waals surface area (Å²) >= 11 is 0. The molecule has 0 radical (unpaired) electrons. The topological polar surface area (TPSA) is 53.3 Å². The fourth-order valence-electron chi connectivity index (χ4n) is 2.47. The summed E-state index contributed by atoms with van der Waals surface area (Å²) in [7, 11) is 0. The van der Waals surface area contributed by atoms with E-state index in [9.17, 15) is 5.11 Å². The van der Waals surface area contributed by atoms with Crippen LogP contribution in [0.3, 0.4) is 0 Å². The molecule has 0 aromatic carbocycles. The minimum atomic E-state index is -0.164. The van der Waals surface area contributed by atoms with Gasteiger partial charge in [0.15, 0.2) is 0 Å². The third kappa shape index (κ3) is 3.78. The largest absolute Gasteiger partial charge is 0.394 e. The van der Waals surface area contributed by atoms with Crippen LogP contribution in [0.25, 0.3) is 0 Å². The maximum atomic E-state index is 9.57. The molecule has 1 aromatic rings. The SMILES string of the molecule is CCCNC(C)(CO)CCN1CCn2ccnc2C1. The highest BCUT2D eigenvalue weighted by atomic mass is 16.3. The summed E-state index contributed by atoms with van der Waals surface area (Å²) in [5.74, 6) is 1.15. The smallest absolute Gasteiger partial charge is 0.122 e. The lowest BCUT2D eigenvalue weighted by molar-refractivity contribution is 0.134. The van der Waals surface area contributed by atoms with Crippen molar-refractivity contribution in [2.75, 3.05) is 26.2 Å². The van der Waals surface area contributed by atoms with Crippen LogP contribution in [0.4, 0.5) is 0 Å². The van der Waals surface area contributed by atoms with Gasteiger partial charge in [0.05, 0.1) is 13.2 Å². The number of rotatable bonds is 7. The number of fused-ring (bicyclic) bond motifs is 1. The van der Waals surface area contributed by atoms with E-state index in [1.54, 1.807) is 0 Å². The van der Waals surface area contributed by atoms with Crippen LogP contribution in [0, 0.1) is 0 Å². The molecule has 19 heavy (non-hydrogen) atoms. The van der Waals surface area contributed by atoms with Crippen LogP contribution in [-0.2, 0) is 13.1 Å². The molecule has 0 saturated heterocycles. The van der Waals surface area contributed by atoms with Gasteiger partial charge in [-0.15, -0.1) is 0 Å². The molecule has 0 saturated carbocycles. The van der Waals surface area contributed by atoms with Crippen LogP contribution in [0.15, 0.2) is 12.4 Å². The van der Waals surface area contributed by atoms with E-state index in [1.807, 2.05) is 12.4 Å². The van der Waals surface area contributed by atoms with Crippen molar-refractivity contribution >= 4 is 0 Å². The Bertz CT molecular complexity index is 393. The summed E-state index contributed by atoms with van der Waals surface area (Å²) in [4.78, 5) is 6.80.